The van der Waals surface area contributed by atoms with Gasteiger partial charge in [-0.15, -0.1) is 0 Å². The summed E-state index contributed by atoms with van der Waals surface area (Å²) in [4.78, 5) is 29.4. The molecule has 1 fully saturated rings. The molecular weight excluding hydrogens is 425 g/mol. The first-order chi connectivity index (χ1) is 14.6. The third-order valence-electron chi connectivity index (χ3n) is 4.64. The molecule has 0 spiro atoms. The molecule has 1 saturated heterocycles. The summed E-state index contributed by atoms with van der Waals surface area (Å²) in [5, 5.41) is 2.20. The number of anilines is 2. The van der Waals surface area contributed by atoms with Crippen molar-refractivity contribution in [2.24, 2.45) is 5.92 Å². The standard InChI is InChI=1S/C20H18F5N3O3/c21-13-7-14(22)9-15(8-13)27-17(29)11-31-19(30)12-3-2-6-28(10-12)18-16(20(23,24)25)4-1-5-26-18/h1,4-5,7-9,12H,2-3,6,10-11H2,(H,27,29). The Hall–Kier alpha value is -3.24. The molecule has 11 heteroatoms. The average Bonchev–Trinajstić information content (AvgIpc) is 2.70. The molecule has 0 bridgehead atoms. The summed E-state index contributed by atoms with van der Waals surface area (Å²) in [6.07, 6.45) is -2.54. The normalized spacial score (nSPS) is 16.7. The molecule has 1 N–H and O–H groups in total. The average molecular weight is 443 g/mol. The first-order valence-corrected chi connectivity index (χ1v) is 9.33. The minimum Gasteiger partial charge on any atom is -0.455 e. The summed E-state index contributed by atoms with van der Waals surface area (Å²) >= 11 is 0. The lowest BCUT2D eigenvalue weighted by Gasteiger charge is -2.33. The van der Waals surface area contributed by atoms with Crippen LogP contribution in [0.2, 0.25) is 0 Å². The Morgan fingerprint density at radius 3 is 2.58 bits per heavy atom. The van der Waals surface area contributed by atoms with Gasteiger partial charge in [0, 0.05) is 31.0 Å². The molecule has 3 rings (SSSR count). The molecule has 1 amide bonds. The predicted octanol–water partition coefficient (Wildman–Crippen LogP) is 3.78. The van der Waals surface area contributed by atoms with Gasteiger partial charge in [0.05, 0.1) is 11.5 Å². The van der Waals surface area contributed by atoms with Crippen LogP contribution in [0.25, 0.3) is 0 Å². The van der Waals surface area contributed by atoms with Gasteiger partial charge in [0.2, 0.25) is 0 Å². The molecule has 1 aromatic carbocycles. The number of ether oxygens (including phenoxy) is 1. The van der Waals surface area contributed by atoms with Crippen LogP contribution < -0.4 is 10.2 Å². The van der Waals surface area contributed by atoms with Gasteiger partial charge in [-0.25, -0.2) is 13.8 Å². The number of amides is 1. The van der Waals surface area contributed by atoms with Crippen LogP contribution in [0.1, 0.15) is 18.4 Å². The van der Waals surface area contributed by atoms with Gasteiger partial charge < -0.3 is 15.0 Å². The third kappa shape index (κ3) is 5.89. The molecule has 2 heterocycles. The Morgan fingerprint density at radius 1 is 1.19 bits per heavy atom. The largest absolute Gasteiger partial charge is 0.455 e. The highest BCUT2D eigenvalue weighted by Crippen LogP contribution is 2.36. The van der Waals surface area contributed by atoms with E-state index in [9.17, 15) is 31.5 Å². The maximum atomic E-state index is 13.2. The van der Waals surface area contributed by atoms with Crippen molar-refractivity contribution in [2.75, 3.05) is 29.9 Å². The van der Waals surface area contributed by atoms with Crippen molar-refractivity contribution in [3.8, 4) is 0 Å². The monoisotopic (exact) mass is 443 g/mol. The molecule has 0 aliphatic carbocycles. The van der Waals surface area contributed by atoms with Crippen LogP contribution in [0.15, 0.2) is 36.5 Å². The van der Waals surface area contributed by atoms with E-state index >= 15 is 0 Å². The topological polar surface area (TPSA) is 71.5 Å². The van der Waals surface area contributed by atoms with Crippen LogP contribution in [0.3, 0.4) is 0 Å². The Bertz CT molecular complexity index is 947. The van der Waals surface area contributed by atoms with Crippen LogP contribution in [0, 0.1) is 17.6 Å². The van der Waals surface area contributed by atoms with E-state index in [1.54, 1.807) is 0 Å². The molecule has 6 nitrogen and oxygen atoms in total. The number of carbonyl (C=O) groups is 2. The summed E-state index contributed by atoms with van der Waals surface area (Å²) in [6.45, 7) is -0.462. The van der Waals surface area contributed by atoms with Crippen molar-refractivity contribution in [1.29, 1.82) is 0 Å². The van der Waals surface area contributed by atoms with Crippen LogP contribution in [0.4, 0.5) is 33.5 Å². The maximum absolute atomic E-state index is 13.2. The van der Waals surface area contributed by atoms with Crippen LogP contribution >= 0.6 is 0 Å². The quantitative estimate of drug-likeness (QED) is 0.563. The molecular formula is C20H18F5N3O3. The van der Waals surface area contributed by atoms with Gasteiger partial charge in [-0.1, -0.05) is 0 Å². The minimum absolute atomic E-state index is 0.0460. The second kappa shape index (κ2) is 9.27. The van der Waals surface area contributed by atoms with E-state index in [-0.39, 0.29) is 24.6 Å². The SMILES string of the molecule is O=C(COC(=O)C1CCCN(c2ncccc2C(F)(F)F)C1)Nc1cc(F)cc(F)c1. The van der Waals surface area contributed by atoms with E-state index in [4.69, 9.17) is 4.74 Å². The van der Waals surface area contributed by atoms with E-state index in [0.29, 0.717) is 18.9 Å². The van der Waals surface area contributed by atoms with Gasteiger partial charge in [0.1, 0.15) is 17.5 Å². The molecule has 166 valence electrons. The summed E-state index contributed by atoms with van der Waals surface area (Å²) in [6, 6.07) is 4.53. The second-order valence-electron chi connectivity index (χ2n) is 6.97. The lowest BCUT2D eigenvalue weighted by Crippen LogP contribution is -2.41. The fourth-order valence-electron chi connectivity index (χ4n) is 3.31. The Morgan fingerprint density at radius 2 is 1.90 bits per heavy atom. The highest BCUT2D eigenvalue weighted by atomic mass is 19.4. The van der Waals surface area contributed by atoms with Gasteiger partial charge in [-0.3, -0.25) is 9.59 Å². The van der Waals surface area contributed by atoms with E-state index in [1.165, 1.54) is 17.2 Å². The molecule has 0 radical (unpaired) electrons. The zero-order valence-electron chi connectivity index (χ0n) is 16.1. The summed E-state index contributed by atoms with van der Waals surface area (Å²) in [7, 11) is 0. The van der Waals surface area contributed by atoms with Crippen molar-refractivity contribution in [2.45, 2.75) is 19.0 Å². The van der Waals surface area contributed by atoms with E-state index in [0.717, 1.165) is 18.2 Å². The molecule has 31 heavy (non-hydrogen) atoms. The highest BCUT2D eigenvalue weighted by Gasteiger charge is 2.37. The number of hydrogen-bond donors (Lipinski definition) is 1. The van der Waals surface area contributed by atoms with Crippen LogP contribution in [0.5, 0.6) is 0 Å². The number of benzene rings is 1. The van der Waals surface area contributed by atoms with E-state index in [1.807, 2.05) is 0 Å². The summed E-state index contributed by atoms with van der Waals surface area (Å²) in [5.41, 5.74) is -1.04. The second-order valence-corrected chi connectivity index (χ2v) is 6.97. The molecule has 1 atom stereocenters. The predicted molar refractivity (Wildman–Crippen MR) is 100 cm³/mol. The number of halogens is 5. The van der Waals surface area contributed by atoms with E-state index < -0.39 is 47.8 Å². The zero-order valence-corrected chi connectivity index (χ0v) is 16.1. The van der Waals surface area contributed by atoms with Gasteiger partial charge >= 0.3 is 12.1 Å². The van der Waals surface area contributed by atoms with Crippen molar-refractivity contribution in [3.63, 3.8) is 0 Å². The first-order valence-electron chi connectivity index (χ1n) is 9.33. The first kappa shape index (κ1) is 22.4. The Kier molecular flexibility index (Phi) is 6.71. The third-order valence-corrected chi connectivity index (χ3v) is 4.64. The Balaban J connectivity index is 1.58. The molecule has 1 aliphatic heterocycles. The molecule has 2 aromatic rings. The number of aromatic nitrogens is 1. The van der Waals surface area contributed by atoms with Gasteiger partial charge in [-0.05, 0) is 37.1 Å². The number of esters is 1. The fraction of sp³-hybridized carbons (Fsp3) is 0.350. The van der Waals surface area contributed by atoms with Crippen molar-refractivity contribution in [3.05, 3.63) is 53.7 Å². The summed E-state index contributed by atoms with van der Waals surface area (Å²) < 4.78 is 71.0. The maximum Gasteiger partial charge on any atom is 0.419 e. The lowest BCUT2D eigenvalue weighted by molar-refractivity contribution is -0.151. The van der Waals surface area contributed by atoms with Gasteiger partial charge in [0.25, 0.3) is 5.91 Å². The van der Waals surface area contributed by atoms with Crippen LogP contribution in [-0.4, -0.2) is 36.6 Å². The van der Waals surface area contributed by atoms with Gasteiger partial charge in [-0.2, -0.15) is 13.2 Å². The van der Waals surface area contributed by atoms with E-state index in [2.05, 4.69) is 10.3 Å². The number of carbonyl (C=O) groups excluding carboxylic acids is 2. The highest BCUT2D eigenvalue weighted by molar-refractivity contribution is 5.93. The van der Waals surface area contributed by atoms with Crippen LogP contribution in [-0.2, 0) is 20.5 Å². The minimum atomic E-state index is -4.59. The number of rotatable bonds is 5. The fourth-order valence-corrected chi connectivity index (χ4v) is 3.31. The van der Waals surface area contributed by atoms with Gasteiger partial charge in [0.15, 0.2) is 6.61 Å². The smallest absolute Gasteiger partial charge is 0.419 e. The number of nitrogens with zero attached hydrogens (tertiary/aromatic N) is 2. The zero-order chi connectivity index (χ0) is 22.6. The van der Waals surface area contributed by atoms with Crippen molar-refractivity contribution < 1.29 is 36.3 Å². The number of alkyl halides is 3. The molecule has 1 unspecified atom stereocenters. The van der Waals surface area contributed by atoms with Crippen molar-refractivity contribution >= 4 is 23.4 Å². The molecule has 1 aliphatic rings. The Labute approximate surface area is 174 Å². The number of nitrogens with one attached hydrogen (secondary N) is 1. The number of pyridine rings is 1. The van der Waals surface area contributed by atoms with Crippen molar-refractivity contribution in [1.82, 2.24) is 4.98 Å². The number of piperidine rings is 1. The molecule has 1 aromatic heterocycles. The molecule has 0 saturated carbocycles. The lowest BCUT2D eigenvalue weighted by atomic mass is 9.98. The number of hydrogen-bond acceptors (Lipinski definition) is 5. The summed E-state index contributed by atoms with van der Waals surface area (Å²) in [5.74, 6) is -4.36.